The summed E-state index contributed by atoms with van der Waals surface area (Å²) in [6, 6.07) is 25.6. The second-order valence-corrected chi connectivity index (χ2v) is 11.2. The van der Waals surface area contributed by atoms with Crippen LogP contribution in [-0.2, 0) is 4.79 Å². The van der Waals surface area contributed by atoms with E-state index in [9.17, 15) is 4.79 Å². The van der Waals surface area contributed by atoms with Gasteiger partial charge in [-0.05, 0) is 53.8 Å². The molecular formula is C36H47ClO3. The molecule has 3 rings (SSSR count). The van der Waals surface area contributed by atoms with Crippen LogP contribution >= 0.6 is 11.6 Å². The van der Waals surface area contributed by atoms with Crippen LogP contribution in [0, 0.1) is 0 Å². The predicted octanol–water partition coefficient (Wildman–Crippen LogP) is 10.7. The standard InChI is InChI=1S/C36H47ClO3/c1-3-5-6-7-8-9-10-11-12-13-17-28-39-32-24-20-29(21-25-32)30-22-26-33(27-23-30)40-36(38)35(37)34(4-2)31-18-15-14-16-19-31/h14-16,18-27,34-35H,3-13,17,28H2,1-2H3. The number of ether oxygens (including phenoxy) is 2. The highest BCUT2D eigenvalue weighted by Crippen LogP contribution is 2.29. The van der Waals surface area contributed by atoms with Gasteiger partial charge in [0.1, 0.15) is 16.9 Å². The number of benzene rings is 3. The Morgan fingerprint density at radius 2 is 1.15 bits per heavy atom. The third-order valence-corrected chi connectivity index (χ3v) is 8.01. The van der Waals surface area contributed by atoms with E-state index >= 15 is 0 Å². The van der Waals surface area contributed by atoms with E-state index in [0.29, 0.717) is 5.75 Å². The second kappa shape index (κ2) is 18.5. The van der Waals surface area contributed by atoms with Gasteiger partial charge in [0.25, 0.3) is 0 Å². The van der Waals surface area contributed by atoms with Crippen molar-refractivity contribution in [3.63, 3.8) is 0 Å². The van der Waals surface area contributed by atoms with Crippen molar-refractivity contribution in [1.29, 1.82) is 0 Å². The molecule has 0 aromatic heterocycles. The number of hydrogen-bond acceptors (Lipinski definition) is 3. The van der Waals surface area contributed by atoms with Gasteiger partial charge in [-0.1, -0.05) is 133 Å². The predicted molar refractivity (Wildman–Crippen MR) is 169 cm³/mol. The lowest BCUT2D eigenvalue weighted by molar-refractivity contribution is -0.134. The molecule has 0 bridgehead atoms. The molecule has 0 fully saturated rings. The van der Waals surface area contributed by atoms with Crippen molar-refractivity contribution in [2.75, 3.05) is 6.61 Å². The molecule has 3 aromatic carbocycles. The lowest BCUT2D eigenvalue weighted by Gasteiger charge is -2.20. The highest BCUT2D eigenvalue weighted by molar-refractivity contribution is 6.30. The van der Waals surface area contributed by atoms with E-state index in [2.05, 4.69) is 19.1 Å². The van der Waals surface area contributed by atoms with Crippen molar-refractivity contribution >= 4 is 17.6 Å². The molecule has 0 spiro atoms. The first kappa shape index (κ1) is 31.7. The maximum atomic E-state index is 12.7. The summed E-state index contributed by atoms with van der Waals surface area (Å²) >= 11 is 6.53. The van der Waals surface area contributed by atoms with Gasteiger partial charge in [-0.3, -0.25) is 4.79 Å². The largest absolute Gasteiger partial charge is 0.494 e. The Kier molecular flexibility index (Phi) is 14.7. The zero-order chi connectivity index (χ0) is 28.4. The molecule has 2 atom stereocenters. The second-order valence-electron chi connectivity index (χ2n) is 10.7. The monoisotopic (exact) mass is 562 g/mol. The van der Waals surface area contributed by atoms with Gasteiger partial charge in [-0.2, -0.15) is 0 Å². The normalized spacial score (nSPS) is 12.6. The lowest BCUT2D eigenvalue weighted by Crippen LogP contribution is -2.27. The molecule has 0 saturated carbocycles. The van der Waals surface area contributed by atoms with Crippen LogP contribution in [0.3, 0.4) is 0 Å². The Bertz CT molecular complexity index is 1080. The quantitative estimate of drug-likeness (QED) is 0.0630. The van der Waals surface area contributed by atoms with E-state index in [1.807, 2.05) is 73.7 Å². The first-order valence-electron chi connectivity index (χ1n) is 15.4. The van der Waals surface area contributed by atoms with Crippen molar-refractivity contribution in [2.24, 2.45) is 0 Å². The summed E-state index contributed by atoms with van der Waals surface area (Å²) in [5.41, 5.74) is 3.18. The molecule has 2 unspecified atom stereocenters. The number of rotatable bonds is 19. The Labute approximate surface area is 247 Å². The highest BCUT2D eigenvalue weighted by Gasteiger charge is 2.28. The van der Waals surface area contributed by atoms with Crippen molar-refractivity contribution in [3.05, 3.63) is 84.4 Å². The van der Waals surface area contributed by atoms with Crippen molar-refractivity contribution in [3.8, 4) is 22.6 Å². The number of esters is 1. The van der Waals surface area contributed by atoms with Gasteiger partial charge in [0.2, 0.25) is 0 Å². The molecule has 0 radical (unpaired) electrons. The minimum absolute atomic E-state index is 0.0923. The molecule has 40 heavy (non-hydrogen) atoms. The first-order valence-corrected chi connectivity index (χ1v) is 15.8. The average molecular weight is 563 g/mol. The van der Waals surface area contributed by atoms with Crippen LogP contribution in [0.1, 0.15) is 102 Å². The van der Waals surface area contributed by atoms with Crippen molar-refractivity contribution < 1.29 is 14.3 Å². The number of halogens is 1. The molecule has 0 aliphatic carbocycles. The van der Waals surface area contributed by atoms with Crippen LogP contribution in [0.4, 0.5) is 0 Å². The fraction of sp³-hybridized carbons (Fsp3) is 0.472. The number of carbonyl (C=O) groups is 1. The third kappa shape index (κ3) is 11.0. The zero-order valence-electron chi connectivity index (χ0n) is 24.5. The van der Waals surface area contributed by atoms with Crippen LogP contribution in [0.25, 0.3) is 11.1 Å². The maximum absolute atomic E-state index is 12.7. The summed E-state index contributed by atoms with van der Waals surface area (Å²) < 4.78 is 11.6. The van der Waals surface area contributed by atoms with Gasteiger partial charge < -0.3 is 9.47 Å². The summed E-state index contributed by atoms with van der Waals surface area (Å²) in [5.74, 6) is 0.877. The molecule has 0 amide bonds. The minimum Gasteiger partial charge on any atom is -0.494 e. The van der Waals surface area contributed by atoms with Crippen LogP contribution in [-0.4, -0.2) is 18.0 Å². The van der Waals surface area contributed by atoms with Crippen LogP contribution in [0.2, 0.25) is 0 Å². The molecule has 4 heteroatoms. The van der Waals surface area contributed by atoms with Gasteiger partial charge in [-0.15, -0.1) is 11.6 Å². The van der Waals surface area contributed by atoms with Crippen LogP contribution in [0.15, 0.2) is 78.9 Å². The van der Waals surface area contributed by atoms with Gasteiger partial charge in [0, 0.05) is 5.92 Å². The summed E-state index contributed by atoms with van der Waals surface area (Å²) in [4.78, 5) is 12.7. The zero-order valence-corrected chi connectivity index (χ0v) is 25.2. The smallest absolute Gasteiger partial charge is 0.330 e. The maximum Gasteiger partial charge on any atom is 0.330 e. The number of unbranched alkanes of at least 4 members (excludes halogenated alkanes) is 10. The molecule has 216 valence electrons. The molecule has 0 saturated heterocycles. The average Bonchev–Trinajstić information content (AvgIpc) is 2.99. The van der Waals surface area contributed by atoms with E-state index in [0.717, 1.165) is 41.9 Å². The minimum atomic E-state index is -0.746. The molecule has 0 aliphatic rings. The van der Waals surface area contributed by atoms with Crippen LogP contribution < -0.4 is 9.47 Å². The molecule has 3 nitrogen and oxygen atoms in total. The number of alkyl halides is 1. The van der Waals surface area contributed by atoms with E-state index in [1.165, 1.54) is 64.2 Å². The van der Waals surface area contributed by atoms with Crippen molar-refractivity contribution in [2.45, 2.75) is 102 Å². The first-order chi connectivity index (χ1) is 19.6. The Balaban J connectivity index is 1.36. The van der Waals surface area contributed by atoms with E-state index in [4.69, 9.17) is 21.1 Å². The topological polar surface area (TPSA) is 35.5 Å². The van der Waals surface area contributed by atoms with Gasteiger partial charge >= 0.3 is 5.97 Å². The molecule has 3 aromatic rings. The van der Waals surface area contributed by atoms with Gasteiger partial charge in [0.15, 0.2) is 0 Å². The highest BCUT2D eigenvalue weighted by atomic mass is 35.5. The van der Waals surface area contributed by atoms with Gasteiger partial charge in [0.05, 0.1) is 6.61 Å². The fourth-order valence-electron chi connectivity index (χ4n) is 5.06. The Morgan fingerprint density at radius 1 is 0.650 bits per heavy atom. The van der Waals surface area contributed by atoms with Crippen molar-refractivity contribution in [1.82, 2.24) is 0 Å². The Hall–Kier alpha value is -2.78. The summed E-state index contributed by atoms with van der Waals surface area (Å²) in [6.07, 6.45) is 15.4. The fourth-order valence-corrected chi connectivity index (χ4v) is 5.43. The number of hydrogen-bond donors (Lipinski definition) is 0. The molecule has 0 aliphatic heterocycles. The SMILES string of the molecule is CCCCCCCCCCCCCOc1ccc(-c2ccc(OC(=O)C(Cl)C(CC)c3ccccc3)cc2)cc1. The summed E-state index contributed by atoms with van der Waals surface area (Å²) in [7, 11) is 0. The Morgan fingerprint density at radius 3 is 1.68 bits per heavy atom. The van der Waals surface area contributed by atoms with E-state index in [1.54, 1.807) is 0 Å². The third-order valence-electron chi connectivity index (χ3n) is 7.52. The molecular weight excluding hydrogens is 516 g/mol. The van der Waals surface area contributed by atoms with E-state index < -0.39 is 11.3 Å². The van der Waals surface area contributed by atoms with E-state index in [-0.39, 0.29) is 5.92 Å². The lowest BCUT2D eigenvalue weighted by atomic mass is 9.93. The number of carbonyl (C=O) groups excluding carboxylic acids is 1. The molecule has 0 N–H and O–H groups in total. The summed E-state index contributed by atoms with van der Waals surface area (Å²) in [5, 5.41) is -0.746. The molecule has 0 heterocycles. The van der Waals surface area contributed by atoms with Crippen LogP contribution in [0.5, 0.6) is 11.5 Å². The van der Waals surface area contributed by atoms with Gasteiger partial charge in [-0.25, -0.2) is 0 Å². The summed E-state index contributed by atoms with van der Waals surface area (Å²) in [6.45, 7) is 5.07.